The zero-order valence-corrected chi connectivity index (χ0v) is 12.6. The molecule has 0 aliphatic carbocycles. The van der Waals surface area contributed by atoms with Crippen LogP contribution < -0.4 is 14.8 Å². The van der Waals surface area contributed by atoms with Crippen LogP contribution >= 0.6 is 0 Å². The quantitative estimate of drug-likeness (QED) is 0.932. The number of ether oxygens (including phenoxy) is 2. The van der Waals surface area contributed by atoms with Gasteiger partial charge in [-0.25, -0.2) is 0 Å². The van der Waals surface area contributed by atoms with Gasteiger partial charge in [-0.15, -0.1) is 0 Å². The van der Waals surface area contributed by atoms with Crippen LogP contribution in [0.15, 0.2) is 42.5 Å². The highest BCUT2D eigenvalue weighted by atomic mass is 16.6. The zero-order valence-electron chi connectivity index (χ0n) is 12.6. The first kappa shape index (κ1) is 14.0. The summed E-state index contributed by atoms with van der Waals surface area (Å²) >= 11 is 0. The van der Waals surface area contributed by atoms with Crippen LogP contribution in [0.2, 0.25) is 0 Å². The van der Waals surface area contributed by atoms with Crippen LogP contribution in [0.25, 0.3) is 0 Å². The van der Waals surface area contributed by atoms with E-state index >= 15 is 0 Å². The van der Waals surface area contributed by atoms with Crippen LogP contribution in [0.5, 0.6) is 11.5 Å². The van der Waals surface area contributed by atoms with Crippen LogP contribution in [0.1, 0.15) is 29.7 Å². The normalized spacial score (nSPS) is 14.8. The Morgan fingerprint density at radius 3 is 2.57 bits per heavy atom. The lowest BCUT2D eigenvalue weighted by atomic mass is 9.94. The minimum absolute atomic E-state index is 0.173. The summed E-state index contributed by atoms with van der Waals surface area (Å²) in [6, 6.07) is 14.9. The highest BCUT2D eigenvalue weighted by molar-refractivity contribution is 5.47. The van der Waals surface area contributed by atoms with Crippen molar-refractivity contribution in [1.82, 2.24) is 5.32 Å². The number of aryl methyl sites for hydroxylation is 1. The Kier molecular flexibility index (Phi) is 4.11. The van der Waals surface area contributed by atoms with Crippen molar-refractivity contribution in [2.45, 2.75) is 19.9 Å². The third-order valence-electron chi connectivity index (χ3n) is 3.81. The second-order valence-corrected chi connectivity index (χ2v) is 5.25. The molecule has 0 spiro atoms. The molecule has 1 aliphatic rings. The van der Waals surface area contributed by atoms with E-state index in [4.69, 9.17) is 9.47 Å². The third-order valence-corrected chi connectivity index (χ3v) is 3.81. The molecule has 110 valence electrons. The van der Waals surface area contributed by atoms with Crippen molar-refractivity contribution in [2.75, 3.05) is 19.8 Å². The summed E-state index contributed by atoms with van der Waals surface area (Å²) in [5, 5.41) is 3.57. The van der Waals surface area contributed by atoms with Gasteiger partial charge in [-0.05, 0) is 42.3 Å². The predicted molar refractivity (Wildman–Crippen MR) is 84.1 cm³/mol. The van der Waals surface area contributed by atoms with Gasteiger partial charge in [0.15, 0.2) is 11.5 Å². The first-order valence-corrected chi connectivity index (χ1v) is 7.48. The Morgan fingerprint density at radius 1 is 1.05 bits per heavy atom. The highest BCUT2D eigenvalue weighted by Gasteiger charge is 2.18. The molecule has 0 radical (unpaired) electrons. The zero-order chi connectivity index (χ0) is 14.7. The van der Waals surface area contributed by atoms with Crippen LogP contribution in [0, 0.1) is 6.92 Å². The summed E-state index contributed by atoms with van der Waals surface area (Å²) in [5.41, 5.74) is 3.80. The van der Waals surface area contributed by atoms with Gasteiger partial charge in [0.25, 0.3) is 0 Å². The van der Waals surface area contributed by atoms with E-state index in [2.05, 4.69) is 55.6 Å². The van der Waals surface area contributed by atoms with E-state index in [1.54, 1.807) is 0 Å². The Balaban J connectivity index is 1.99. The molecule has 1 heterocycles. The predicted octanol–water partition coefficient (Wildman–Crippen LogP) is 3.47. The lowest BCUT2D eigenvalue weighted by molar-refractivity contribution is 0.171. The first-order valence-electron chi connectivity index (χ1n) is 7.48. The SMILES string of the molecule is CCNC(c1ccc2c(c1)OCCO2)c1ccccc1C. The summed E-state index contributed by atoms with van der Waals surface area (Å²) in [7, 11) is 0. The Labute approximate surface area is 125 Å². The third kappa shape index (κ3) is 2.88. The fraction of sp³-hybridized carbons (Fsp3) is 0.333. The van der Waals surface area contributed by atoms with Gasteiger partial charge >= 0.3 is 0 Å². The summed E-state index contributed by atoms with van der Waals surface area (Å²) in [5.74, 6) is 1.68. The molecule has 1 N–H and O–H groups in total. The second kappa shape index (κ2) is 6.19. The number of hydrogen-bond donors (Lipinski definition) is 1. The van der Waals surface area contributed by atoms with Crippen molar-refractivity contribution in [1.29, 1.82) is 0 Å². The monoisotopic (exact) mass is 283 g/mol. The van der Waals surface area contributed by atoms with Gasteiger partial charge in [0, 0.05) is 0 Å². The molecule has 3 nitrogen and oxygen atoms in total. The number of benzene rings is 2. The Morgan fingerprint density at radius 2 is 1.81 bits per heavy atom. The van der Waals surface area contributed by atoms with Crippen molar-refractivity contribution < 1.29 is 9.47 Å². The molecule has 0 saturated carbocycles. The number of hydrogen-bond acceptors (Lipinski definition) is 3. The van der Waals surface area contributed by atoms with Crippen LogP contribution in [0.4, 0.5) is 0 Å². The molecule has 1 aliphatic heterocycles. The van der Waals surface area contributed by atoms with Crippen molar-refractivity contribution in [3.05, 3.63) is 59.2 Å². The molecule has 2 aromatic rings. The number of fused-ring (bicyclic) bond motifs is 1. The minimum Gasteiger partial charge on any atom is -0.486 e. The standard InChI is InChI=1S/C18H21NO2/c1-3-19-18(15-7-5-4-6-13(15)2)14-8-9-16-17(12-14)21-11-10-20-16/h4-9,12,18-19H,3,10-11H2,1-2H3. The molecule has 21 heavy (non-hydrogen) atoms. The van der Waals surface area contributed by atoms with Gasteiger partial charge in [-0.2, -0.15) is 0 Å². The Hall–Kier alpha value is -2.00. The molecule has 0 amide bonds. The van der Waals surface area contributed by atoms with E-state index in [0.29, 0.717) is 13.2 Å². The molecule has 1 atom stereocenters. The van der Waals surface area contributed by atoms with Crippen LogP contribution in [-0.4, -0.2) is 19.8 Å². The van der Waals surface area contributed by atoms with Crippen molar-refractivity contribution >= 4 is 0 Å². The average molecular weight is 283 g/mol. The summed E-state index contributed by atoms with van der Waals surface area (Å²) in [6.07, 6.45) is 0. The summed E-state index contributed by atoms with van der Waals surface area (Å²) < 4.78 is 11.3. The first-order chi connectivity index (χ1) is 10.3. The van der Waals surface area contributed by atoms with E-state index in [-0.39, 0.29) is 6.04 Å². The van der Waals surface area contributed by atoms with Gasteiger partial charge in [0.1, 0.15) is 13.2 Å². The molecule has 0 aromatic heterocycles. The maximum Gasteiger partial charge on any atom is 0.161 e. The Bertz CT molecular complexity index is 624. The number of rotatable bonds is 4. The lowest BCUT2D eigenvalue weighted by Gasteiger charge is -2.24. The fourth-order valence-corrected chi connectivity index (χ4v) is 2.76. The number of nitrogens with one attached hydrogen (secondary N) is 1. The fourth-order valence-electron chi connectivity index (χ4n) is 2.76. The van der Waals surface area contributed by atoms with E-state index in [0.717, 1.165) is 18.0 Å². The smallest absolute Gasteiger partial charge is 0.161 e. The molecular formula is C18H21NO2. The van der Waals surface area contributed by atoms with E-state index in [9.17, 15) is 0 Å². The molecule has 0 bridgehead atoms. The molecule has 3 rings (SSSR count). The minimum atomic E-state index is 0.173. The van der Waals surface area contributed by atoms with Gasteiger partial charge in [-0.3, -0.25) is 0 Å². The van der Waals surface area contributed by atoms with Crippen LogP contribution in [0.3, 0.4) is 0 Å². The van der Waals surface area contributed by atoms with E-state index < -0.39 is 0 Å². The van der Waals surface area contributed by atoms with Crippen molar-refractivity contribution in [3.8, 4) is 11.5 Å². The molecule has 1 unspecified atom stereocenters. The molecule has 0 saturated heterocycles. The molecule has 0 fully saturated rings. The molecule has 3 heteroatoms. The summed E-state index contributed by atoms with van der Waals surface area (Å²) in [4.78, 5) is 0. The van der Waals surface area contributed by atoms with Crippen molar-refractivity contribution in [2.24, 2.45) is 0 Å². The average Bonchev–Trinajstić information content (AvgIpc) is 2.53. The van der Waals surface area contributed by atoms with Gasteiger partial charge in [0.05, 0.1) is 6.04 Å². The summed E-state index contributed by atoms with van der Waals surface area (Å²) in [6.45, 7) is 6.43. The van der Waals surface area contributed by atoms with Crippen LogP contribution in [-0.2, 0) is 0 Å². The van der Waals surface area contributed by atoms with Crippen molar-refractivity contribution in [3.63, 3.8) is 0 Å². The van der Waals surface area contributed by atoms with E-state index in [1.165, 1.54) is 16.7 Å². The van der Waals surface area contributed by atoms with Gasteiger partial charge < -0.3 is 14.8 Å². The van der Waals surface area contributed by atoms with Gasteiger partial charge in [-0.1, -0.05) is 37.3 Å². The van der Waals surface area contributed by atoms with Gasteiger partial charge in [0.2, 0.25) is 0 Å². The molecule has 2 aromatic carbocycles. The van der Waals surface area contributed by atoms with E-state index in [1.807, 2.05) is 6.07 Å². The largest absolute Gasteiger partial charge is 0.486 e. The molecular weight excluding hydrogens is 262 g/mol. The lowest BCUT2D eigenvalue weighted by Crippen LogP contribution is -2.23. The maximum absolute atomic E-state index is 5.71. The topological polar surface area (TPSA) is 30.5 Å². The highest BCUT2D eigenvalue weighted by Crippen LogP contribution is 2.34. The second-order valence-electron chi connectivity index (χ2n) is 5.25. The maximum atomic E-state index is 5.71.